The molecule has 0 N–H and O–H groups in total. The minimum absolute atomic E-state index is 0.560. The van der Waals surface area contributed by atoms with Gasteiger partial charge in [-0.1, -0.05) is 63.6 Å². The van der Waals surface area contributed by atoms with E-state index in [9.17, 15) is 0 Å². The highest BCUT2D eigenvalue weighted by Gasteiger charge is 2.35. The van der Waals surface area contributed by atoms with Crippen molar-refractivity contribution in [3.05, 3.63) is 47.6 Å². The summed E-state index contributed by atoms with van der Waals surface area (Å²) in [5.74, 6) is 3.92. The van der Waals surface area contributed by atoms with Crippen LogP contribution in [0.5, 0.6) is 0 Å². The van der Waals surface area contributed by atoms with E-state index in [4.69, 9.17) is 0 Å². The first-order chi connectivity index (χ1) is 9.16. The first kappa shape index (κ1) is 13.0. The molecule has 0 aromatic heterocycles. The molecule has 0 saturated heterocycles. The molecule has 1 saturated carbocycles. The van der Waals surface area contributed by atoms with E-state index in [1.165, 1.54) is 19.3 Å². The van der Waals surface area contributed by atoms with E-state index in [1.807, 2.05) is 0 Å². The van der Waals surface area contributed by atoms with Gasteiger partial charge in [0.2, 0.25) is 0 Å². The van der Waals surface area contributed by atoms with Crippen molar-refractivity contribution < 1.29 is 0 Å². The summed E-state index contributed by atoms with van der Waals surface area (Å²) < 4.78 is 0. The predicted octanol–water partition coefficient (Wildman–Crippen LogP) is 5.30. The van der Waals surface area contributed by atoms with Crippen LogP contribution in [0.25, 0.3) is 0 Å². The smallest absolute Gasteiger partial charge is 0.0207 e. The Hall–Kier alpha value is -1.04. The predicted molar refractivity (Wildman–Crippen MR) is 82.8 cm³/mol. The Bertz CT molecular complexity index is 458. The van der Waals surface area contributed by atoms with Crippen molar-refractivity contribution in [2.24, 2.45) is 29.6 Å². The van der Waals surface area contributed by atoms with Crippen LogP contribution >= 0.6 is 0 Å². The van der Waals surface area contributed by atoms with Crippen LogP contribution in [0.4, 0.5) is 0 Å². The third kappa shape index (κ3) is 2.38. The summed E-state index contributed by atoms with van der Waals surface area (Å²) in [5, 5.41) is 0. The minimum Gasteiger partial charge on any atom is -0.0732 e. The highest BCUT2D eigenvalue weighted by Crippen LogP contribution is 2.46. The molecule has 0 aromatic carbocycles. The molecule has 3 rings (SSSR count). The SMILES string of the molecule is CC(C)[C@H]1CC[C@H](C)C[C@H]1C1=C2C=CC=CC2C=C1. The second-order valence-corrected chi connectivity index (χ2v) is 6.97. The number of hydrogen-bond donors (Lipinski definition) is 0. The van der Waals surface area contributed by atoms with Gasteiger partial charge in [-0.2, -0.15) is 0 Å². The summed E-state index contributed by atoms with van der Waals surface area (Å²) >= 11 is 0. The third-order valence-electron chi connectivity index (χ3n) is 5.30. The summed E-state index contributed by atoms with van der Waals surface area (Å²) in [7, 11) is 0. The molecule has 19 heavy (non-hydrogen) atoms. The normalized spacial score (nSPS) is 37.3. The first-order valence-electron chi connectivity index (χ1n) is 7.94. The fraction of sp³-hybridized carbons (Fsp3) is 0.579. The molecule has 0 nitrogen and oxygen atoms in total. The van der Waals surface area contributed by atoms with Crippen LogP contribution in [0, 0.1) is 29.6 Å². The lowest BCUT2D eigenvalue weighted by molar-refractivity contribution is 0.172. The number of rotatable bonds is 2. The molecule has 0 heterocycles. The van der Waals surface area contributed by atoms with E-state index >= 15 is 0 Å². The maximum Gasteiger partial charge on any atom is 0.0207 e. The monoisotopic (exact) mass is 254 g/mol. The van der Waals surface area contributed by atoms with Crippen molar-refractivity contribution >= 4 is 0 Å². The van der Waals surface area contributed by atoms with E-state index in [0.29, 0.717) is 5.92 Å². The maximum atomic E-state index is 2.43. The molecule has 0 amide bonds. The van der Waals surface area contributed by atoms with E-state index < -0.39 is 0 Å². The Morgan fingerprint density at radius 1 is 1.00 bits per heavy atom. The molecule has 4 atom stereocenters. The average molecular weight is 254 g/mol. The third-order valence-corrected chi connectivity index (χ3v) is 5.30. The second-order valence-electron chi connectivity index (χ2n) is 6.97. The molecule has 3 aliphatic rings. The zero-order chi connectivity index (χ0) is 13.4. The van der Waals surface area contributed by atoms with Gasteiger partial charge in [-0.3, -0.25) is 0 Å². The highest BCUT2D eigenvalue weighted by molar-refractivity contribution is 5.50. The van der Waals surface area contributed by atoms with E-state index in [2.05, 4.69) is 57.2 Å². The zero-order valence-electron chi connectivity index (χ0n) is 12.5. The molecular formula is C19H26. The van der Waals surface area contributed by atoms with Gasteiger partial charge in [0.1, 0.15) is 0 Å². The van der Waals surface area contributed by atoms with Crippen LogP contribution in [0.1, 0.15) is 40.0 Å². The van der Waals surface area contributed by atoms with E-state index in [1.54, 1.807) is 11.1 Å². The molecule has 0 spiro atoms. The molecule has 1 fully saturated rings. The number of allylic oxidation sites excluding steroid dienone is 8. The van der Waals surface area contributed by atoms with Gasteiger partial charge in [-0.05, 0) is 47.7 Å². The van der Waals surface area contributed by atoms with Crippen LogP contribution in [-0.2, 0) is 0 Å². The summed E-state index contributed by atoms with van der Waals surface area (Å²) in [6.45, 7) is 7.25. The van der Waals surface area contributed by atoms with Gasteiger partial charge in [-0.25, -0.2) is 0 Å². The van der Waals surface area contributed by atoms with Gasteiger partial charge >= 0.3 is 0 Å². The topological polar surface area (TPSA) is 0 Å². The lowest BCUT2D eigenvalue weighted by Gasteiger charge is -2.38. The molecule has 0 aliphatic heterocycles. The highest BCUT2D eigenvalue weighted by atomic mass is 14.4. The van der Waals surface area contributed by atoms with Crippen LogP contribution in [0.3, 0.4) is 0 Å². The average Bonchev–Trinajstić information content (AvgIpc) is 2.82. The Morgan fingerprint density at radius 2 is 1.84 bits per heavy atom. The Morgan fingerprint density at radius 3 is 2.63 bits per heavy atom. The maximum absolute atomic E-state index is 2.43. The van der Waals surface area contributed by atoms with Crippen molar-refractivity contribution in [3.8, 4) is 0 Å². The summed E-state index contributed by atoms with van der Waals surface area (Å²) in [6.07, 6.45) is 18.1. The largest absolute Gasteiger partial charge is 0.0732 e. The molecule has 0 aromatic rings. The van der Waals surface area contributed by atoms with Crippen LogP contribution in [0.15, 0.2) is 47.6 Å². The standard InChI is InChI=1S/C19H26/c1-13(2)16-10-8-14(3)12-19(16)18-11-9-15-6-4-5-7-17(15)18/h4-7,9,11,13-16,19H,8,10,12H2,1-3H3/t14-,15?,16+,19+/m0/s1. The van der Waals surface area contributed by atoms with Crippen LogP contribution in [0.2, 0.25) is 0 Å². The second kappa shape index (κ2) is 5.15. The molecule has 3 aliphatic carbocycles. The lowest BCUT2D eigenvalue weighted by Crippen LogP contribution is -2.29. The van der Waals surface area contributed by atoms with E-state index in [0.717, 1.165) is 23.7 Å². The van der Waals surface area contributed by atoms with Crippen molar-refractivity contribution in [1.29, 1.82) is 0 Å². The fourth-order valence-corrected chi connectivity index (χ4v) is 4.22. The van der Waals surface area contributed by atoms with Gasteiger partial charge < -0.3 is 0 Å². The quantitative estimate of drug-likeness (QED) is 0.627. The Labute approximate surface area is 118 Å². The Kier molecular flexibility index (Phi) is 3.52. The summed E-state index contributed by atoms with van der Waals surface area (Å²) in [4.78, 5) is 0. The minimum atomic E-state index is 0.560. The number of fused-ring (bicyclic) bond motifs is 1. The summed E-state index contributed by atoms with van der Waals surface area (Å²) in [5.41, 5.74) is 3.23. The fourth-order valence-electron chi connectivity index (χ4n) is 4.22. The van der Waals surface area contributed by atoms with Crippen molar-refractivity contribution in [3.63, 3.8) is 0 Å². The summed E-state index contributed by atoms with van der Waals surface area (Å²) in [6, 6.07) is 0. The van der Waals surface area contributed by atoms with Crippen molar-refractivity contribution in [2.75, 3.05) is 0 Å². The molecule has 0 radical (unpaired) electrons. The molecular weight excluding hydrogens is 228 g/mol. The van der Waals surface area contributed by atoms with Gasteiger partial charge in [0.25, 0.3) is 0 Å². The van der Waals surface area contributed by atoms with E-state index in [-0.39, 0.29) is 0 Å². The van der Waals surface area contributed by atoms with Gasteiger partial charge in [-0.15, -0.1) is 0 Å². The van der Waals surface area contributed by atoms with Crippen LogP contribution in [-0.4, -0.2) is 0 Å². The van der Waals surface area contributed by atoms with Crippen molar-refractivity contribution in [2.45, 2.75) is 40.0 Å². The lowest BCUT2D eigenvalue weighted by atomic mass is 9.66. The van der Waals surface area contributed by atoms with Crippen LogP contribution < -0.4 is 0 Å². The molecule has 0 heteroatoms. The van der Waals surface area contributed by atoms with Gasteiger partial charge in [0.15, 0.2) is 0 Å². The molecule has 0 bridgehead atoms. The van der Waals surface area contributed by atoms with Gasteiger partial charge in [0, 0.05) is 5.92 Å². The number of hydrogen-bond acceptors (Lipinski definition) is 0. The van der Waals surface area contributed by atoms with Crippen molar-refractivity contribution in [1.82, 2.24) is 0 Å². The molecule has 102 valence electrons. The molecule has 1 unspecified atom stereocenters. The Balaban J connectivity index is 1.92. The zero-order valence-corrected chi connectivity index (χ0v) is 12.5. The van der Waals surface area contributed by atoms with Gasteiger partial charge in [0.05, 0.1) is 0 Å². The first-order valence-corrected chi connectivity index (χ1v) is 7.94.